The number of carbonyl (C=O) groups is 1. The first-order chi connectivity index (χ1) is 13.1. The standard InChI is InChI=1S/C21H27N3O3/c1-16(25)19-4-2-5-20(23-19)17-6-8-18(9-7-17)21(26)22-10-3-11-24-12-14-27-15-13-24/h2,4-9,16,25H,3,10-15H2,1H3,(H,22,26). The summed E-state index contributed by atoms with van der Waals surface area (Å²) in [6.45, 7) is 6.88. The molecule has 0 aliphatic carbocycles. The van der Waals surface area contributed by atoms with Crippen LogP contribution in [0.4, 0.5) is 0 Å². The van der Waals surface area contributed by atoms with Crippen molar-refractivity contribution in [2.45, 2.75) is 19.4 Å². The van der Waals surface area contributed by atoms with Crippen LogP contribution in [0, 0.1) is 0 Å². The fourth-order valence-electron chi connectivity index (χ4n) is 3.07. The second-order valence-corrected chi connectivity index (χ2v) is 6.76. The number of aliphatic hydroxyl groups is 1. The van der Waals surface area contributed by atoms with Gasteiger partial charge in [-0.25, -0.2) is 0 Å². The Morgan fingerprint density at radius 3 is 2.67 bits per heavy atom. The van der Waals surface area contributed by atoms with Crippen molar-refractivity contribution < 1.29 is 14.6 Å². The highest BCUT2D eigenvalue weighted by atomic mass is 16.5. The molecule has 1 amide bonds. The molecule has 3 rings (SSSR count). The number of morpholine rings is 1. The Labute approximate surface area is 160 Å². The molecule has 144 valence electrons. The van der Waals surface area contributed by atoms with Gasteiger partial charge in [0.2, 0.25) is 0 Å². The summed E-state index contributed by atoms with van der Waals surface area (Å²) in [5, 5.41) is 12.6. The van der Waals surface area contributed by atoms with Gasteiger partial charge in [0.05, 0.1) is 30.7 Å². The second-order valence-electron chi connectivity index (χ2n) is 6.76. The van der Waals surface area contributed by atoms with Crippen LogP contribution in [0.3, 0.4) is 0 Å². The van der Waals surface area contributed by atoms with Gasteiger partial charge < -0.3 is 15.2 Å². The topological polar surface area (TPSA) is 74.7 Å². The zero-order valence-electron chi connectivity index (χ0n) is 15.7. The van der Waals surface area contributed by atoms with E-state index in [9.17, 15) is 9.90 Å². The number of hydrogen-bond donors (Lipinski definition) is 2. The largest absolute Gasteiger partial charge is 0.387 e. The molecule has 0 saturated carbocycles. The van der Waals surface area contributed by atoms with E-state index in [1.807, 2.05) is 36.4 Å². The summed E-state index contributed by atoms with van der Waals surface area (Å²) in [5.74, 6) is -0.0609. The second kappa shape index (κ2) is 9.60. The van der Waals surface area contributed by atoms with Crippen LogP contribution in [0.25, 0.3) is 11.3 Å². The van der Waals surface area contributed by atoms with Gasteiger partial charge in [-0.1, -0.05) is 18.2 Å². The maximum absolute atomic E-state index is 12.3. The number of aliphatic hydroxyl groups excluding tert-OH is 1. The van der Waals surface area contributed by atoms with Crippen molar-refractivity contribution in [3.05, 3.63) is 53.7 Å². The van der Waals surface area contributed by atoms with E-state index in [0.29, 0.717) is 17.8 Å². The summed E-state index contributed by atoms with van der Waals surface area (Å²) in [7, 11) is 0. The van der Waals surface area contributed by atoms with E-state index in [0.717, 1.165) is 50.5 Å². The van der Waals surface area contributed by atoms with E-state index in [4.69, 9.17) is 4.74 Å². The minimum atomic E-state index is -0.604. The number of nitrogens with one attached hydrogen (secondary N) is 1. The van der Waals surface area contributed by atoms with Gasteiger partial charge in [0.1, 0.15) is 0 Å². The average molecular weight is 369 g/mol. The van der Waals surface area contributed by atoms with E-state index in [-0.39, 0.29) is 5.91 Å². The van der Waals surface area contributed by atoms with Gasteiger partial charge in [-0.15, -0.1) is 0 Å². The van der Waals surface area contributed by atoms with Gasteiger partial charge in [0.15, 0.2) is 0 Å². The summed E-state index contributed by atoms with van der Waals surface area (Å²) in [6, 6.07) is 13.0. The highest BCUT2D eigenvalue weighted by molar-refractivity contribution is 5.94. The van der Waals surface area contributed by atoms with Crippen molar-refractivity contribution >= 4 is 5.91 Å². The Hall–Kier alpha value is -2.28. The van der Waals surface area contributed by atoms with Gasteiger partial charge in [-0.2, -0.15) is 0 Å². The predicted octanol–water partition coefficient (Wildman–Crippen LogP) is 2.25. The smallest absolute Gasteiger partial charge is 0.251 e. The monoisotopic (exact) mass is 369 g/mol. The minimum Gasteiger partial charge on any atom is -0.387 e. The third kappa shape index (κ3) is 5.60. The molecule has 0 radical (unpaired) electrons. The van der Waals surface area contributed by atoms with E-state index in [2.05, 4.69) is 15.2 Å². The van der Waals surface area contributed by atoms with Crippen molar-refractivity contribution in [2.24, 2.45) is 0 Å². The Kier molecular flexibility index (Phi) is 6.92. The quantitative estimate of drug-likeness (QED) is 0.733. The zero-order chi connectivity index (χ0) is 19.1. The number of hydrogen-bond acceptors (Lipinski definition) is 5. The first-order valence-electron chi connectivity index (χ1n) is 9.47. The Balaban J connectivity index is 1.50. The van der Waals surface area contributed by atoms with Crippen LogP contribution >= 0.6 is 0 Å². The van der Waals surface area contributed by atoms with E-state index < -0.39 is 6.10 Å². The number of amides is 1. The molecule has 2 heterocycles. The fourth-order valence-corrected chi connectivity index (χ4v) is 3.07. The van der Waals surface area contributed by atoms with Crippen LogP contribution in [-0.2, 0) is 4.74 Å². The van der Waals surface area contributed by atoms with Crippen molar-refractivity contribution in [3.8, 4) is 11.3 Å². The summed E-state index contributed by atoms with van der Waals surface area (Å²) in [6.07, 6.45) is 0.326. The highest BCUT2D eigenvalue weighted by Crippen LogP contribution is 2.20. The maximum Gasteiger partial charge on any atom is 0.251 e. The summed E-state index contributed by atoms with van der Waals surface area (Å²) in [4.78, 5) is 19.1. The molecule has 1 unspecified atom stereocenters. The molecule has 1 fully saturated rings. The number of carbonyl (C=O) groups excluding carboxylic acids is 1. The van der Waals surface area contributed by atoms with Gasteiger partial charge in [0.25, 0.3) is 5.91 Å². The molecule has 1 aromatic carbocycles. The Morgan fingerprint density at radius 2 is 1.96 bits per heavy atom. The Morgan fingerprint density at radius 1 is 1.22 bits per heavy atom. The van der Waals surface area contributed by atoms with Crippen molar-refractivity contribution in [1.29, 1.82) is 0 Å². The lowest BCUT2D eigenvalue weighted by Gasteiger charge is -2.26. The average Bonchev–Trinajstić information content (AvgIpc) is 2.72. The lowest BCUT2D eigenvalue weighted by Crippen LogP contribution is -2.38. The zero-order valence-corrected chi connectivity index (χ0v) is 15.7. The van der Waals surface area contributed by atoms with Gasteiger partial charge in [0, 0.05) is 30.8 Å². The highest BCUT2D eigenvalue weighted by Gasteiger charge is 2.11. The third-order valence-electron chi connectivity index (χ3n) is 4.68. The molecule has 1 aliphatic heterocycles. The van der Waals surface area contributed by atoms with Gasteiger partial charge in [-0.05, 0) is 44.2 Å². The Bertz CT molecular complexity index is 741. The number of rotatable bonds is 7. The molecule has 2 N–H and O–H groups in total. The molecule has 2 aromatic rings. The third-order valence-corrected chi connectivity index (χ3v) is 4.68. The van der Waals surface area contributed by atoms with Crippen LogP contribution < -0.4 is 5.32 Å². The molecule has 6 heteroatoms. The van der Waals surface area contributed by atoms with E-state index in [1.165, 1.54) is 0 Å². The SMILES string of the molecule is CC(O)c1cccc(-c2ccc(C(=O)NCCCN3CCOCC3)cc2)n1. The molecule has 0 bridgehead atoms. The predicted molar refractivity (Wildman–Crippen MR) is 105 cm³/mol. The first-order valence-corrected chi connectivity index (χ1v) is 9.47. The molecule has 1 aliphatic rings. The molecule has 1 atom stereocenters. The fraction of sp³-hybridized carbons (Fsp3) is 0.429. The molecule has 6 nitrogen and oxygen atoms in total. The molecule has 1 aromatic heterocycles. The number of benzene rings is 1. The summed E-state index contributed by atoms with van der Waals surface area (Å²) in [5.41, 5.74) is 2.97. The van der Waals surface area contributed by atoms with Crippen molar-refractivity contribution in [1.82, 2.24) is 15.2 Å². The summed E-state index contributed by atoms with van der Waals surface area (Å²) < 4.78 is 5.33. The molecule has 0 spiro atoms. The van der Waals surface area contributed by atoms with Crippen LogP contribution in [0.1, 0.15) is 35.5 Å². The number of pyridine rings is 1. The minimum absolute atomic E-state index is 0.0609. The number of aromatic nitrogens is 1. The normalized spacial score (nSPS) is 16.1. The molecule has 1 saturated heterocycles. The lowest BCUT2D eigenvalue weighted by molar-refractivity contribution is 0.0374. The maximum atomic E-state index is 12.3. The molecular formula is C21H27N3O3. The lowest BCUT2D eigenvalue weighted by atomic mass is 10.1. The first kappa shape index (κ1) is 19.5. The van der Waals surface area contributed by atoms with Crippen LogP contribution in [-0.4, -0.2) is 60.3 Å². The van der Waals surface area contributed by atoms with E-state index in [1.54, 1.807) is 13.0 Å². The number of nitrogens with zero attached hydrogens (tertiary/aromatic N) is 2. The van der Waals surface area contributed by atoms with Crippen molar-refractivity contribution in [2.75, 3.05) is 39.4 Å². The summed E-state index contributed by atoms with van der Waals surface area (Å²) >= 11 is 0. The molecule has 27 heavy (non-hydrogen) atoms. The van der Waals surface area contributed by atoms with Crippen LogP contribution in [0.2, 0.25) is 0 Å². The van der Waals surface area contributed by atoms with Crippen LogP contribution in [0.15, 0.2) is 42.5 Å². The van der Waals surface area contributed by atoms with Crippen molar-refractivity contribution in [3.63, 3.8) is 0 Å². The van der Waals surface area contributed by atoms with Gasteiger partial charge in [-0.3, -0.25) is 14.7 Å². The van der Waals surface area contributed by atoms with Crippen LogP contribution in [0.5, 0.6) is 0 Å². The van der Waals surface area contributed by atoms with Gasteiger partial charge >= 0.3 is 0 Å². The number of ether oxygens (including phenoxy) is 1. The van der Waals surface area contributed by atoms with E-state index >= 15 is 0 Å². The molecular weight excluding hydrogens is 342 g/mol.